The summed E-state index contributed by atoms with van der Waals surface area (Å²) in [6, 6.07) is 6.82. The third kappa shape index (κ3) is 3.28. The van der Waals surface area contributed by atoms with E-state index in [-0.39, 0.29) is 6.54 Å². The van der Waals surface area contributed by atoms with E-state index in [9.17, 15) is 18.9 Å². The lowest BCUT2D eigenvalue weighted by atomic mass is 10.1. The first-order valence-corrected chi connectivity index (χ1v) is 6.39. The van der Waals surface area contributed by atoms with Crippen LogP contribution in [0.4, 0.5) is 20.2 Å². The van der Waals surface area contributed by atoms with Crippen LogP contribution in [0.2, 0.25) is 5.02 Å². The van der Waals surface area contributed by atoms with Gasteiger partial charge in [-0.25, -0.2) is 8.78 Å². The normalized spacial score (nSPS) is 10.5. The maximum atomic E-state index is 13.7. The third-order valence-corrected chi connectivity index (χ3v) is 3.38. The molecule has 1 N–H and O–H groups in total. The predicted molar refractivity (Wildman–Crippen MR) is 76.5 cm³/mol. The summed E-state index contributed by atoms with van der Waals surface area (Å²) >= 11 is 5.96. The fourth-order valence-corrected chi connectivity index (χ4v) is 2.00. The highest BCUT2D eigenvalue weighted by Crippen LogP contribution is 2.29. The second kappa shape index (κ2) is 6.05. The van der Waals surface area contributed by atoms with Crippen LogP contribution in [0.25, 0.3) is 0 Å². The van der Waals surface area contributed by atoms with E-state index in [1.807, 2.05) is 6.92 Å². The molecule has 0 spiro atoms. The number of hydrogen-bond donors (Lipinski definition) is 1. The fraction of sp³-hybridized carbons (Fsp3) is 0.143. The molecule has 110 valence electrons. The molecule has 0 amide bonds. The Morgan fingerprint density at radius 2 is 2.00 bits per heavy atom. The number of anilines is 1. The van der Waals surface area contributed by atoms with Gasteiger partial charge in [0.2, 0.25) is 0 Å². The Morgan fingerprint density at radius 1 is 1.29 bits per heavy atom. The summed E-state index contributed by atoms with van der Waals surface area (Å²) in [6.45, 7) is 1.91. The zero-order valence-electron chi connectivity index (χ0n) is 11.0. The van der Waals surface area contributed by atoms with Gasteiger partial charge in [-0.3, -0.25) is 10.1 Å². The molecule has 0 unspecified atom stereocenters. The minimum atomic E-state index is -1.28. The zero-order valence-corrected chi connectivity index (χ0v) is 11.7. The highest BCUT2D eigenvalue weighted by Gasteiger charge is 2.21. The molecule has 0 fully saturated rings. The molecule has 0 atom stereocenters. The number of halogens is 3. The van der Waals surface area contributed by atoms with Gasteiger partial charge in [-0.2, -0.15) is 0 Å². The number of hydrogen-bond acceptors (Lipinski definition) is 3. The van der Waals surface area contributed by atoms with Crippen LogP contribution in [0.15, 0.2) is 30.3 Å². The van der Waals surface area contributed by atoms with Crippen molar-refractivity contribution in [2.24, 2.45) is 0 Å². The molecule has 0 aliphatic carbocycles. The number of nitrogens with one attached hydrogen (secondary N) is 1. The molecule has 7 heteroatoms. The van der Waals surface area contributed by atoms with Crippen LogP contribution in [-0.2, 0) is 6.54 Å². The Kier molecular flexibility index (Phi) is 4.37. The molecular formula is C14H11ClF2N2O2. The Balaban J connectivity index is 2.28. The van der Waals surface area contributed by atoms with Crippen molar-refractivity contribution in [1.82, 2.24) is 0 Å². The number of nitro groups is 1. The van der Waals surface area contributed by atoms with E-state index in [2.05, 4.69) is 5.32 Å². The van der Waals surface area contributed by atoms with Crippen molar-refractivity contribution in [2.45, 2.75) is 13.5 Å². The first-order valence-electron chi connectivity index (χ1n) is 6.01. The molecular weight excluding hydrogens is 302 g/mol. The van der Waals surface area contributed by atoms with Crippen LogP contribution in [0.1, 0.15) is 11.1 Å². The number of nitro benzene ring substituents is 1. The van der Waals surface area contributed by atoms with Crippen LogP contribution in [0.3, 0.4) is 0 Å². The lowest BCUT2D eigenvalue weighted by Crippen LogP contribution is -2.06. The number of rotatable bonds is 4. The molecule has 4 nitrogen and oxygen atoms in total. The molecule has 21 heavy (non-hydrogen) atoms. The molecule has 0 saturated heterocycles. The first kappa shape index (κ1) is 15.2. The van der Waals surface area contributed by atoms with E-state index in [0.29, 0.717) is 10.6 Å². The van der Waals surface area contributed by atoms with Crippen LogP contribution >= 0.6 is 11.6 Å². The van der Waals surface area contributed by atoms with Crippen molar-refractivity contribution in [3.8, 4) is 0 Å². The van der Waals surface area contributed by atoms with Crippen molar-refractivity contribution in [3.05, 3.63) is 68.2 Å². The summed E-state index contributed by atoms with van der Waals surface area (Å²) in [6.07, 6.45) is 0. The summed E-state index contributed by atoms with van der Waals surface area (Å²) in [5.41, 5.74) is 0.579. The van der Waals surface area contributed by atoms with Gasteiger partial charge in [0.25, 0.3) is 5.69 Å². The van der Waals surface area contributed by atoms with E-state index in [0.717, 1.165) is 17.7 Å². The smallest absolute Gasteiger partial charge is 0.295 e. The molecule has 0 bridgehead atoms. The highest BCUT2D eigenvalue weighted by atomic mass is 35.5. The molecule has 0 aliphatic rings. The van der Waals surface area contributed by atoms with Crippen LogP contribution in [0, 0.1) is 28.7 Å². The van der Waals surface area contributed by atoms with Gasteiger partial charge in [0.15, 0.2) is 17.3 Å². The lowest BCUT2D eigenvalue weighted by molar-refractivity contribution is -0.384. The molecule has 0 aromatic heterocycles. The number of benzene rings is 2. The minimum absolute atomic E-state index is 0.0845. The Bertz CT molecular complexity index is 708. The predicted octanol–water partition coefficient (Wildman–Crippen LogP) is 4.45. The van der Waals surface area contributed by atoms with Gasteiger partial charge < -0.3 is 5.32 Å². The maximum Gasteiger partial charge on any atom is 0.295 e. The van der Waals surface area contributed by atoms with Crippen molar-refractivity contribution >= 4 is 23.0 Å². The van der Waals surface area contributed by atoms with Crippen LogP contribution in [0.5, 0.6) is 0 Å². The van der Waals surface area contributed by atoms with Gasteiger partial charge in [0, 0.05) is 17.6 Å². The van der Waals surface area contributed by atoms with Gasteiger partial charge in [0.05, 0.1) is 4.92 Å². The Labute approximate surface area is 124 Å². The van der Waals surface area contributed by atoms with Crippen molar-refractivity contribution in [2.75, 3.05) is 5.32 Å². The van der Waals surface area contributed by atoms with Crippen molar-refractivity contribution in [3.63, 3.8) is 0 Å². The maximum absolute atomic E-state index is 13.7. The minimum Gasteiger partial charge on any atom is -0.373 e. The second-order valence-electron chi connectivity index (χ2n) is 4.45. The van der Waals surface area contributed by atoms with E-state index in [1.165, 1.54) is 0 Å². The Hall–Kier alpha value is -2.21. The summed E-state index contributed by atoms with van der Waals surface area (Å²) in [4.78, 5) is 10.1. The molecule has 0 saturated carbocycles. The second-order valence-corrected chi connectivity index (χ2v) is 4.86. The van der Waals surface area contributed by atoms with Gasteiger partial charge in [-0.1, -0.05) is 23.7 Å². The summed E-state index contributed by atoms with van der Waals surface area (Å²) in [5.74, 6) is -2.42. The third-order valence-electron chi connectivity index (χ3n) is 2.98. The molecule has 0 aliphatic heterocycles. The highest BCUT2D eigenvalue weighted by molar-refractivity contribution is 6.31. The van der Waals surface area contributed by atoms with Gasteiger partial charge in [0.1, 0.15) is 0 Å². The summed E-state index contributed by atoms with van der Waals surface area (Å²) in [5, 5.41) is 13.9. The quantitative estimate of drug-likeness (QED) is 0.670. The van der Waals surface area contributed by atoms with Gasteiger partial charge in [-0.05, 0) is 30.2 Å². The van der Waals surface area contributed by atoms with Gasteiger partial charge in [-0.15, -0.1) is 0 Å². The standard InChI is InChI=1S/C14H11ClF2N2O2/c1-8-2-3-9(6-10(8)15)7-18-14-12(19(20)21)5-4-11(16)13(14)17/h2-6,18H,7H2,1H3. The van der Waals surface area contributed by atoms with Crippen molar-refractivity contribution < 1.29 is 13.7 Å². The molecule has 0 heterocycles. The lowest BCUT2D eigenvalue weighted by Gasteiger charge is -2.09. The molecule has 2 aromatic rings. The number of aryl methyl sites for hydroxylation is 1. The van der Waals surface area contributed by atoms with Crippen LogP contribution < -0.4 is 5.32 Å². The number of nitrogens with zero attached hydrogens (tertiary/aromatic N) is 1. The molecule has 2 rings (SSSR count). The van der Waals surface area contributed by atoms with Gasteiger partial charge >= 0.3 is 0 Å². The molecule has 0 radical (unpaired) electrons. The van der Waals surface area contributed by atoms with E-state index >= 15 is 0 Å². The average molecular weight is 313 g/mol. The summed E-state index contributed by atoms with van der Waals surface area (Å²) in [7, 11) is 0. The van der Waals surface area contributed by atoms with E-state index in [4.69, 9.17) is 11.6 Å². The topological polar surface area (TPSA) is 55.2 Å². The average Bonchev–Trinajstić information content (AvgIpc) is 2.43. The van der Waals surface area contributed by atoms with E-state index in [1.54, 1.807) is 18.2 Å². The fourth-order valence-electron chi connectivity index (χ4n) is 1.80. The Morgan fingerprint density at radius 3 is 2.62 bits per heavy atom. The monoisotopic (exact) mass is 312 g/mol. The molecule has 2 aromatic carbocycles. The SMILES string of the molecule is Cc1ccc(CNc2c([N+](=O)[O-])ccc(F)c2F)cc1Cl. The zero-order chi connectivity index (χ0) is 15.6. The summed E-state index contributed by atoms with van der Waals surface area (Å²) < 4.78 is 26.9. The van der Waals surface area contributed by atoms with E-state index < -0.39 is 27.9 Å². The van der Waals surface area contributed by atoms with Crippen molar-refractivity contribution in [1.29, 1.82) is 0 Å². The van der Waals surface area contributed by atoms with Crippen LogP contribution in [-0.4, -0.2) is 4.92 Å². The first-order chi connectivity index (χ1) is 9.90. The largest absolute Gasteiger partial charge is 0.373 e.